The van der Waals surface area contributed by atoms with Crippen LogP contribution in [0.3, 0.4) is 0 Å². The molecule has 2 fully saturated rings. The minimum Gasteiger partial charge on any atom is -0.480 e. The molecule has 2 N–H and O–H groups in total. The van der Waals surface area contributed by atoms with Crippen LogP contribution in [0.2, 0.25) is 0 Å². The van der Waals surface area contributed by atoms with Crippen LogP contribution in [0.5, 0.6) is 0 Å². The number of carbonyl (C=O) groups is 2. The zero-order valence-electron chi connectivity index (χ0n) is 15.7. The number of pyridine rings is 1. The van der Waals surface area contributed by atoms with Crippen LogP contribution >= 0.6 is 11.3 Å². The first kappa shape index (κ1) is 18.4. The molecule has 2 aliphatic rings. The van der Waals surface area contributed by atoms with Crippen molar-refractivity contribution in [1.29, 1.82) is 0 Å². The van der Waals surface area contributed by atoms with Crippen molar-refractivity contribution in [3.63, 3.8) is 0 Å². The molecule has 2 aromatic heterocycles. The summed E-state index contributed by atoms with van der Waals surface area (Å²) < 4.78 is 0. The summed E-state index contributed by atoms with van der Waals surface area (Å²) >= 11 is 1.44. The van der Waals surface area contributed by atoms with Crippen molar-refractivity contribution in [2.24, 2.45) is 5.92 Å². The molecule has 27 heavy (non-hydrogen) atoms. The van der Waals surface area contributed by atoms with E-state index in [4.69, 9.17) is 5.11 Å². The van der Waals surface area contributed by atoms with Gasteiger partial charge in [-0.05, 0) is 62.6 Å². The second-order valence-electron chi connectivity index (χ2n) is 7.93. The fourth-order valence-electron chi connectivity index (χ4n) is 3.97. The minimum atomic E-state index is -0.771. The Morgan fingerprint density at radius 3 is 2.70 bits per heavy atom. The Hall–Kier alpha value is -1.99. The third-order valence-corrected chi connectivity index (χ3v) is 6.94. The molecule has 2 saturated carbocycles. The van der Waals surface area contributed by atoms with Gasteiger partial charge in [0.15, 0.2) is 0 Å². The van der Waals surface area contributed by atoms with Gasteiger partial charge in [0.05, 0.1) is 11.4 Å². The molecule has 7 heteroatoms. The highest BCUT2D eigenvalue weighted by atomic mass is 32.1. The second-order valence-corrected chi connectivity index (χ2v) is 8.93. The standard InChI is InChI=1S/C20H25N3O3S/c1-11-5-6-21-20-17(11)12(2)18(27-20)19(26)22-14-7-15(8-14)23(10-16(24)25)9-13-3-4-13/h5-6,13-15H,3-4,7-10H2,1-2H3,(H,22,26)(H,24,25). The Morgan fingerprint density at radius 2 is 2.07 bits per heavy atom. The average Bonchev–Trinajstić information content (AvgIpc) is 3.31. The van der Waals surface area contributed by atoms with Gasteiger partial charge in [-0.3, -0.25) is 14.5 Å². The van der Waals surface area contributed by atoms with Gasteiger partial charge < -0.3 is 10.4 Å². The summed E-state index contributed by atoms with van der Waals surface area (Å²) in [4.78, 5) is 32.0. The monoisotopic (exact) mass is 387 g/mol. The maximum atomic E-state index is 12.8. The lowest BCUT2D eigenvalue weighted by Crippen LogP contribution is -2.55. The molecule has 144 valence electrons. The molecule has 0 spiro atoms. The van der Waals surface area contributed by atoms with E-state index in [1.807, 2.05) is 19.9 Å². The molecule has 2 aliphatic carbocycles. The maximum absolute atomic E-state index is 12.8. The number of aryl methyl sites for hydroxylation is 2. The van der Waals surface area contributed by atoms with Crippen LogP contribution in [-0.4, -0.2) is 52.0 Å². The quantitative estimate of drug-likeness (QED) is 0.763. The van der Waals surface area contributed by atoms with Gasteiger partial charge in [0, 0.05) is 30.2 Å². The smallest absolute Gasteiger partial charge is 0.317 e. The summed E-state index contributed by atoms with van der Waals surface area (Å²) in [5.74, 6) is -0.146. The number of carboxylic acid groups (broad SMARTS) is 1. The second kappa shape index (κ2) is 7.20. The third kappa shape index (κ3) is 3.84. The number of nitrogens with zero attached hydrogens (tertiary/aromatic N) is 2. The van der Waals surface area contributed by atoms with Crippen molar-refractivity contribution in [2.75, 3.05) is 13.1 Å². The molecule has 0 bridgehead atoms. The van der Waals surface area contributed by atoms with Crippen LogP contribution in [0.1, 0.15) is 46.5 Å². The number of nitrogens with one attached hydrogen (secondary N) is 1. The Morgan fingerprint density at radius 1 is 1.33 bits per heavy atom. The number of rotatable bonds is 7. The van der Waals surface area contributed by atoms with Crippen LogP contribution in [0.25, 0.3) is 10.2 Å². The summed E-state index contributed by atoms with van der Waals surface area (Å²) in [6.45, 7) is 5.00. The van der Waals surface area contributed by atoms with Gasteiger partial charge in [0.2, 0.25) is 0 Å². The highest BCUT2D eigenvalue weighted by molar-refractivity contribution is 7.20. The van der Waals surface area contributed by atoms with Crippen LogP contribution < -0.4 is 5.32 Å². The van der Waals surface area contributed by atoms with Crippen LogP contribution in [0, 0.1) is 19.8 Å². The number of hydrogen-bond acceptors (Lipinski definition) is 5. The van der Waals surface area contributed by atoms with E-state index in [0.717, 1.165) is 45.6 Å². The van der Waals surface area contributed by atoms with Crippen molar-refractivity contribution >= 4 is 33.4 Å². The molecular formula is C20H25N3O3S. The zero-order valence-corrected chi connectivity index (χ0v) is 16.5. The SMILES string of the molecule is Cc1ccnc2sc(C(=O)NC3CC(N(CC(=O)O)CC4CC4)C3)c(C)c12. The van der Waals surface area contributed by atoms with E-state index < -0.39 is 5.97 Å². The fraction of sp³-hybridized carbons (Fsp3) is 0.550. The van der Waals surface area contributed by atoms with Crippen molar-refractivity contribution in [3.8, 4) is 0 Å². The highest BCUT2D eigenvalue weighted by Gasteiger charge is 2.38. The van der Waals surface area contributed by atoms with E-state index in [1.165, 1.54) is 24.2 Å². The number of aromatic nitrogens is 1. The molecular weight excluding hydrogens is 362 g/mol. The van der Waals surface area contributed by atoms with Gasteiger partial charge in [-0.1, -0.05) is 0 Å². The summed E-state index contributed by atoms with van der Waals surface area (Å²) in [5, 5.41) is 13.4. The van der Waals surface area contributed by atoms with Crippen LogP contribution in [0.4, 0.5) is 0 Å². The summed E-state index contributed by atoms with van der Waals surface area (Å²) in [5.41, 5.74) is 2.14. The topological polar surface area (TPSA) is 82.5 Å². The number of aliphatic carboxylic acids is 1. The number of carboxylic acids is 1. The molecule has 0 aromatic carbocycles. The van der Waals surface area contributed by atoms with Crippen LogP contribution in [0.15, 0.2) is 12.3 Å². The number of amides is 1. The third-order valence-electron chi connectivity index (χ3n) is 5.74. The van der Waals surface area contributed by atoms with E-state index in [-0.39, 0.29) is 24.5 Å². The van der Waals surface area contributed by atoms with Gasteiger partial charge in [-0.2, -0.15) is 0 Å². The molecule has 2 aromatic rings. The molecule has 0 atom stereocenters. The highest BCUT2D eigenvalue weighted by Crippen LogP contribution is 2.35. The number of thiophene rings is 1. The summed E-state index contributed by atoms with van der Waals surface area (Å²) in [6, 6.07) is 2.35. The molecule has 2 heterocycles. The normalized spacial score (nSPS) is 22.0. The van der Waals surface area contributed by atoms with Crippen molar-refractivity contribution in [1.82, 2.24) is 15.2 Å². The molecule has 6 nitrogen and oxygen atoms in total. The Bertz CT molecular complexity index is 884. The molecule has 1 amide bonds. The summed E-state index contributed by atoms with van der Waals surface area (Å²) in [7, 11) is 0. The average molecular weight is 388 g/mol. The van der Waals surface area contributed by atoms with Gasteiger partial charge in [-0.25, -0.2) is 4.98 Å². The van der Waals surface area contributed by atoms with E-state index in [0.29, 0.717) is 5.92 Å². The van der Waals surface area contributed by atoms with Crippen molar-refractivity contribution in [3.05, 3.63) is 28.3 Å². The maximum Gasteiger partial charge on any atom is 0.317 e. The van der Waals surface area contributed by atoms with E-state index >= 15 is 0 Å². The fourth-order valence-corrected chi connectivity index (χ4v) is 5.10. The molecule has 0 unspecified atom stereocenters. The molecule has 4 rings (SSSR count). The number of carbonyl (C=O) groups excluding carboxylic acids is 1. The molecule has 0 aliphatic heterocycles. The number of fused-ring (bicyclic) bond motifs is 1. The zero-order chi connectivity index (χ0) is 19.1. The van der Waals surface area contributed by atoms with Gasteiger partial charge >= 0.3 is 5.97 Å². The first-order chi connectivity index (χ1) is 12.9. The predicted octanol–water partition coefficient (Wildman–Crippen LogP) is 2.97. The van der Waals surface area contributed by atoms with Crippen molar-refractivity contribution in [2.45, 2.75) is 51.6 Å². The lowest BCUT2D eigenvalue weighted by molar-refractivity contribution is -0.139. The Labute approximate surface area is 162 Å². The van der Waals surface area contributed by atoms with Crippen LogP contribution in [-0.2, 0) is 4.79 Å². The first-order valence-corrected chi connectivity index (χ1v) is 10.4. The largest absolute Gasteiger partial charge is 0.480 e. The minimum absolute atomic E-state index is 0.0367. The van der Waals surface area contributed by atoms with Crippen molar-refractivity contribution < 1.29 is 14.7 Å². The lowest BCUT2D eigenvalue weighted by Gasteiger charge is -2.42. The first-order valence-electron chi connectivity index (χ1n) is 9.53. The Kier molecular flexibility index (Phi) is 4.90. The number of hydrogen-bond donors (Lipinski definition) is 2. The summed E-state index contributed by atoms with van der Waals surface area (Å²) in [6.07, 6.45) is 5.85. The Balaban J connectivity index is 1.38. The molecule has 0 radical (unpaired) electrons. The van der Waals surface area contributed by atoms with E-state index in [9.17, 15) is 9.59 Å². The lowest BCUT2D eigenvalue weighted by atomic mass is 9.85. The van der Waals surface area contributed by atoms with Gasteiger partial charge in [-0.15, -0.1) is 11.3 Å². The predicted molar refractivity (Wildman–Crippen MR) is 105 cm³/mol. The van der Waals surface area contributed by atoms with E-state index in [2.05, 4.69) is 15.2 Å². The molecule has 0 saturated heterocycles. The van der Waals surface area contributed by atoms with Gasteiger partial charge in [0.1, 0.15) is 4.83 Å². The van der Waals surface area contributed by atoms with E-state index in [1.54, 1.807) is 6.20 Å². The van der Waals surface area contributed by atoms with Gasteiger partial charge in [0.25, 0.3) is 5.91 Å².